The van der Waals surface area contributed by atoms with Gasteiger partial charge in [0.2, 0.25) is 0 Å². The van der Waals surface area contributed by atoms with Crippen LogP contribution in [0.5, 0.6) is 5.75 Å². The lowest BCUT2D eigenvalue weighted by Crippen LogP contribution is -2.15. The molecule has 0 bridgehead atoms. The molecule has 0 aromatic heterocycles. The van der Waals surface area contributed by atoms with E-state index in [2.05, 4.69) is 33.8 Å². The van der Waals surface area contributed by atoms with Crippen molar-refractivity contribution in [3.8, 4) is 5.75 Å². The zero-order valence-corrected chi connectivity index (χ0v) is 12.1. The fraction of sp³-hybridized carbons (Fsp3) is 0.438. The van der Waals surface area contributed by atoms with Gasteiger partial charge in [-0.05, 0) is 42.5 Å². The average Bonchev–Trinajstić information content (AvgIpc) is 2.23. The number of allylic oxidation sites excluding steroid dienone is 1. The molecule has 18 heavy (non-hydrogen) atoms. The van der Waals surface area contributed by atoms with Gasteiger partial charge in [-0.2, -0.15) is 0 Å². The number of benzene rings is 1. The Morgan fingerprint density at radius 3 is 2.33 bits per heavy atom. The Hall–Kier alpha value is -1.57. The molecular formula is C16H22O2. The second-order valence-corrected chi connectivity index (χ2v) is 5.61. The van der Waals surface area contributed by atoms with Gasteiger partial charge in [0.15, 0.2) is 5.78 Å². The molecule has 1 aromatic rings. The topological polar surface area (TPSA) is 26.3 Å². The third kappa shape index (κ3) is 3.46. The van der Waals surface area contributed by atoms with Crippen molar-refractivity contribution in [1.29, 1.82) is 0 Å². The molecule has 1 aromatic carbocycles. The predicted molar refractivity (Wildman–Crippen MR) is 76.1 cm³/mol. The number of ether oxygens (including phenoxy) is 1. The highest BCUT2D eigenvalue weighted by molar-refractivity contribution is 5.91. The van der Waals surface area contributed by atoms with E-state index in [1.54, 1.807) is 20.1 Å². The molecule has 0 heterocycles. The summed E-state index contributed by atoms with van der Waals surface area (Å²) in [5, 5.41) is 0. The van der Waals surface area contributed by atoms with Gasteiger partial charge in [0.25, 0.3) is 0 Å². The number of methoxy groups -OCH3 is 1. The molecule has 0 aliphatic heterocycles. The molecular weight excluding hydrogens is 224 g/mol. The van der Waals surface area contributed by atoms with Crippen molar-refractivity contribution in [2.75, 3.05) is 7.11 Å². The largest absolute Gasteiger partial charge is 0.496 e. The van der Waals surface area contributed by atoms with Crippen LogP contribution in [0.4, 0.5) is 0 Å². The monoisotopic (exact) mass is 246 g/mol. The molecule has 0 saturated carbocycles. The van der Waals surface area contributed by atoms with Crippen LogP contribution < -0.4 is 4.74 Å². The summed E-state index contributed by atoms with van der Waals surface area (Å²) in [6.07, 6.45) is 3.40. The number of carbonyl (C=O) groups excluding carboxylic acids is 1. The third-order valence-corrected chi connectivity index (χ3v) is 2.80. The number of carbonyl (C=O) groups is 1. The maximum absolute atomic E-state index is 11.0. The standard InChI is InChI=1S/C16H22O2/c1-11-9-13(8-7-12(2)17)10-14(18-6)15(11)16(3,4)5/h7-10H,1-6H3/b8-7+. The van der Waals surface area contributed by atoms with Gasteiger partial charge < -0.3 is 4.74 Å². The summed E-state index contributed by atoms with van der Waals surface area (Å²) in [6, 6.07) is 4.07. The van der Waals surface area contributed by atoms with E-state index in [-0.39, 0.29) is 11.2 Å². The van der Waals surface area contributed by atoms with E-state index in [9.17, 15) is 4.79 Å². The molecule has 0 atom stereocenters. The molecule has 0 N–H and O–H groups in total. The molecule has 0 amide bonds. The number of rotatable bonds is 3. The first-order chi connectivity index (χ1) is 8.25. The smallest absolute Gasteiger partial charge is 0.152 e. The van der Waals surface area contributed by atoms with Crippen LogP contribution in [-0.4, -0.2) is 12.9 Å². The van der Waals surface area contributed by atoms with Crippen LogP contribution in [0.1, 0.15) is 44.4 Å². The van der Waals surface area contributed by atoms with Crippen LogP contribution in [-0.2, 0) is 10.2 Å². The SMILES string of the molecule is COc1cc(/C=C/C(C)=O)cc(C)c1C(C)(C)C. The lowest BCUT2D eigenvalue weighted by Gasteiger charge is -2.25. The minimum Gasteiger partial charge on any atom is -0.496 e. The van der Waals surface area contributed by atoms with Crippen LogP contribution in [0.25, 0.3) is 6.08 Å². The normalized spacial score (nSPS) is 11.9. The molecule has 1 rings (SSSR count). The van der Waals surface area contributed by atoms with Crippen LogP contribution in [0.2, 0.25) is 0 Å². The van der Waals surface area contributed by atoms with Gasteiger partial charge in [-0.25, -0.2) is 0 Å². The summed E-state index contributed by atoms with van der Waals surface area (Å²) in [5.41, 5.74) is 3.43. The lowest BCUT2D eigenvalue weighted by molar-refractivity contribution is -0.112. The van der Waals surface area contributed by atoms with Gasteiger partial charge in [-0.1, -0.05) is 32.9 Å². The lowest BCUT2D eigenvalue weighted by atomic mass is 9.82. The van der Waals surface area contributed by atoms with Crippen molar-refractivity contribution in [1.82, 2.24) is 0 Å². The second kappa shape index (κ2) is 5.38. The molecule has 98 valence electrons. The van der Waals surface area contributed by atoms with Crippen molar-refractivity contribution in [3.63, 3.8) is 0 Å². The fourth-order valence-corrected chi connectivity index (χ4v) is 2.21. The molecule has 0 saturated heterocycles. The van der Waals surface area contributed by atoms with E-state index in [4.69, 9.17) is 4.74 Å². The van der Waals surface area contributed by atoms with Crippen LogP contribution in [0.3, 0.4) is 0 Å². The first-order valence-corrected chi connectivity index (χ1v) is 6.13. The van der Waals surface area contributed by atoms with Gasteiger partial charge >= 0.3 is 0 Å². The molecule has 0 aliphatic carbocycles. The van der Waals surface area contributed by atoms with E-state index in [1.165, 1.54) is 11.1 Å². The highest BCUT2D eigenvalue weighted by Crippen LogP contribution is 2.35. The zero-order chi connectivity index (χ0) is 13.9. The molecule has 0 radical (unpaired) electrons. The first kappa shape index (κ1) is 14.5. The number of hydrogen-bond donors (Lipinski definition) is 0. The average molecular weight is 246 g/mol. The highest BCUT2D eigenvalue weighted by atomic mass is 16.5. The highest BCUT2D eigenvalue weighted by Gasteiger charge is 2.21. The van der Waals surface area contributed by atoms with Crippen LogP contribution in [0, 0.1) is 6.92 Å². The summed E-state index contributed by atoms with van der Waals surface area (Å²) in [5.74, 6) is 0.928. The minimum absolute atomic E-state index is 0.0399. The van der Waals surface area contributed by atoms with Gasteiger partial charge in [0, 0.05) is 5.56 Å². The summed E-state index contributed by atoms with van der Waals surface area (Å²) in [4.78, 5) is 11.0. The number of aryl methyl sites for hydroxylation is 1. The Morgan fingerprint density at radius 1 is 1.28 bits per heavy atom. The Balaban J connectivity index is 3.32. The summed E-state index contributed by atoms with van der Waals surface area (Å²) in [6.45, 7) is 10.1. The summed E-state index contributed by atoms with van der Waals surface area (Å²) in [7, 11) is 1.68. The van der Waals surface area contributed by atoms with Crippen LogP contribution >= 0.6 is 0 Å². The molecule has 0 spiro atoms. The number of hydrogen-bond acceptors (Lipinski definition) is 2. The Bertz CT molecular complexity index is 477. The predicted octanol–water partition coefficient (Wildman–Crippen LogP) is 3.90. The van der Waals surface area contributed by atoms with Gasteiger partial charge in [-0.3, -0.25) is 4.79 Å². The van der Waals surface area contributed by atoms with E-state index in [0.29, 0.717) is 0 Å². The maximum Gasteiger partial charge on any atom is 0.152 e. The van der Waals surface area contributed by atoms with Crippen molar-refractivity contribution in [2.24, 2.45) is 0 Å². The van der Waals surface area contributed by atoms with E-state index >= 15 is 0 Å². The molecule has 2 heteroatoms. The number of ketones is 1. The quantitative estimate of drug-likeness (QED) is 0.756. The molecule has 0 aliphatic rings. The van der Waals surface area contributed by atoms with Crippen molar-refractivity contribution < 1.29 is 9.53 Å². The Kier molecular flexibility index (Phi) is 4.33. The minimum atomic E-state index is 0.0399. The van der Waals surface area contributed by atoms with Gasteiger partial charge in [-0.15, -0.1) is 0 Å². The second-order valence-electron chi connectivity index (χ2n) is 5.61. The first-order valence-electron chi connectivity index (χ1n) is 6.13. The van der Waals surface area contributed by atoms with E-state index < -0.39 is 0 Å². The third-order valence-electron chi connectivity index (χ3n) is 2.80. The summed E-state index contributed by atoms with van der Waals surface area (Å²) >= 11 is 0. The fourth-order valence-electron chi connectivity index (χ4n) is 2.21. The van der Waals surface area contributed by atoms with Gasteiger partial charge in [0.1, 0.15) is 5.75 Å². The van der Waals surface area contributed by atoms with Crippen molar-refractivity contribution >= 4 is 11.9 Å². The molecule has 2 nitrogen and oxygen atoms in total. The van der Waals surface area contributed by atoms with E-state index in [1.807, 2.05) is 12.1 Å². The Labute approximate surface area is 110 Å². The summed E-state index contributed by atoms with van der Waals surface area (Å²) < 4.78 is 5.48. The Morgan fingerprint density at radius 2 is 1.89 bits per heavy atom. The molecule has 0 unspecified atom stereocenters. The van der Waals surface area contributed by atoms with E-state index in [0.717, 1.165) is 11.3 Å². The zero-order valence-electron chi connectivity index (χ0n) is 12.1. The molecule has 0 fully saturated rings. The van der Waals surface area contributed by atoms with Crippen molar-refractivity contribution in [2.45, 2.75) is 40.0 Å². The van der Waals surface area contributed by atoms with Crippen LogP contribution in [0.15, 0.2) is 18.2 Å². The van der Waals surface area contributed by atoms with Crippen molar-refractivity contribution in [3.05, 3.63) is 34.9 Å². The maximum atomic E-state index is 11.0. The van der Waals surface area contributed by atoms with Gasteiger partial charge in [0.05, 0.1) is 7.11 Å².